The van der Waals surface area contributed by atoms with Gasteiger partial charge in [0.1, 0.15) is 10.6 Å². The van der Waals surface area contributed by atoms with Crippen molar-refractivity contribution in [2.24, 2.45) is 5.84 Å². The Morgan fingerprint density at radius 1 is 1.41 bits per heavy atom. The van der Waals surface area contributed by atoms with Crippen LogP contribution in [0.4, 0.5) is 11.8 Å². The lowest BCUT2D eigenvalue weighted by Crippen LogP contribution is -2.18. The molecule has 0 aliphatic heterocycles. The van der Waals surface area contributed by atoms with Gasteiger partial charge in [0.25, 0.3) is 0 Å². The summed E-state index contributed by atoms with van der Waals surface area (Å²) in [7, 11) is 0. The number of aromatic nitrogens is 2. The Morgan fingerprint density at radius 2 is 2.18 bits per heavy atom. The molecule has 1 aliphatic carbocycles. The first kappa shape index (κ1) is 10.7. The molecular formula is C11H15N5S. The minimum absolute atomic E-state index is 0.197. The van der Waals surface area contributed by atoms with Gasteiger partial charge in [-0.2, -0.15) is 4.98 Å². The maximum Gasteiger partial charge on any atom is 0.240 e. The zero-order valence-corrected chi connectivity index (χ0v) is 10.7. The number of thiophene rings is 1. The van der Waals surface area contributed by atoms with Crippen molar-refractivity contribution in [3.05, 3.63) is 10.9 Å². The average Bonchev–Trinajstić information content (AvgIpc) is 2.87. The molecule has 5 nitrogen and oxygen atoms in total. The summed E-state index contributed by atoms with van der Waals surface area (Å²) in [5.41, 5.74) is 2.72. The molecule has 3 rings (SSSR count). The summed E-state index contributed by atoms with van der Waals surface area (Å²) in [6.45, 7) is 4.28. The van der Waals surface area contributed by atoms with Crippen LogP contribution in [-0.4, -0.2) is 15.5 Å². The highest BCUT2D eigenvalue weighted by molar-refractivity contribution is 7.18. The molecule has 2 heterocycles. The summed E-state index contributed by atoms with van der Waals surface area (Å²) >= 11 is 1.66. The highest BCUT2D eigenvalue weighted by Gasteiger charge is 2.38. The summed E-state index contributed by atoms with van der Waals surface area (Å²) < 4.78 is 0. The monoisotopic (exact) mass is 249 g/mol. The first-order chi connectivity index (χ1) is 8.09. The molecule has 0 bridgehead atoms. The number of nitrogens with two attached hydrogens (primary N) is 1. The summed E-state index contributed by atoms with van der Waals surface area (Å²) in [6.07, 6.45) is 2.38. The van der Waals surface area contributed by atoms with E-state index in [1.54, 1.807) is 11.3 Å². The van der Waals surface area contributed by atoms with Crippen molar-refractivity contribution >= 4 is 33.3 Å². The van der Waals surface area contributed by atoms with Gasteiger partial charge in [-0.05, 0) is 32.8 Å². The first-order valence-electron chi connectivity index (χ1n) is 5.63. The Labute approximate surface area is 103 Å². The van der Waals surface area contributed by atoms with E-state index in [2.05, 4.69) is 40.6 Å². The van der Waals surface area contributed by atoms with E-state index in [-0.39, 0.29) is 5.54 Å². The van der Waals surface area contributed by atoms with Crippen LogP contribution >= 0.6 is 11.3 Å². The maximum atomic E-state index is 5.40. The maximum absolute atomic E-state index is 5.40. The Hall–Kier alpha value is -1.40. The number of nitrogens with one attached hydrogen (secondary N) is 2. The average molecular weight is 249 g/mol. The topological polar surface area (TPSA) is 75.9 Å². The lowest BCUT2D eigenvalue weighted by atomic mass is 10.3. The molecule has 6 heteroatoms. The second-order valence-corrected chi connectivity index (χ2v) is 6.04. The Morgan fingerprint density at radius 3 is 2.82 bits per heavy atom. The summed E-state index contributed by atoms with van der Waals surface area (Å²) in [5, 5.41) is 4.57. The third-order valence-corrected chi connectivity index (χ3v) is 4.01. The fraction of sp³-hybridized carbons (Fsp3) is 0.455. The molecular weight excluding hydrogens is 234 g/mol. The molecule has 1 aliphatic rings. The smallest absolute Gasteiger partial charge is 0.240 e. The number of nitrogens with zero attached hydrogens (tertiary/aromatic N) is 2. The fourth-order valence-corrected chi connectivity index (χ4v) is 2.68. The van der Waals surface area contributed by atoms with Crippen molar-refractivity contribution in [3.8, 4) is 0 Å². The molecule has 17 heavy (non-hydrogen) atoms. The minimum Gasteiger partial charge on any atom is -0.364 e. The van der Waals surface area contributed by atoms with Gasteiger partial charge in [-0.15, -0.1) is 11.3 Å². The van der Waals surface area contributed by atoms with Crippen molar-refractivity contribution in [1.29, 1.82) is 0 Å². The highest BCUT2D eigenvalue weighted by atomic mass is 32.1. The van der Waals surface area contributed by atoms with Crippen LogP contribution in [0.1, 0.15) is 24.6 Å². The predicted octanol–water partition coefficient (Wildman–Crippen LogP) is 2.25. The van der Waals surface area contributed by atoms with Crippen molar-refractivity contribution in [2.45, 2.75) is 32.2 Å². The van der Waals surface area contributed by atoms with E-state index >= 15 is 0 Å². The van der Waals surface area contributed by atoms with Crippen LogP contribution in [0.15, 0.2) is 6.07 Å². The number of anilines is 2. The van der Waals surface area contributed by atoms with E-state index in [0.29, 0.717) is 5.95 Å². The van der Waals surface area contributed by atoms with Gasteiger partial charge in [0, 0.05) is 10.4 Å². The van der Waals surface area contributed by atoms with Crippen LogP contribution in [0.3, 0.4) is 0 Å². The zero-order chi connectivity index (χ0) is 12.0. The van der Waals surface area contributed by atoms with Crippen LogP contribution < -0.4 is 16.6 Å². The van der Waals surface area contributed by atoms with Crippen LogP contribution in [0.2, 0.25) is 0 Å². The molecule has 0 aromatic carbocycles. The van der Waals surface area contributed by atoms with Gasteiger partial charge in [-0.25, -0.2) is 10.8 Å². The van der Waals surface area contributed by atoms with E-state index in [1.807, 2.05) is 0 Å². The standard InChI is InChI=1S/C11H15N5S/c1-6-5-7-8(15-11(2)3-4-11)13-10(16-12)14-9(7)17-6/h5H,3-4,12H2,1-2H3,(H2,13,14,15,16). The molecule has 2 aromatic rings. The zero-order valence-electron chi connectivity index (χ0n) is 9.87. The normalized spacial score (nSPS) is 17.1. The van der Waals surface area contributed by atoms with E-state index in [4.69, 9.17) is 5.84 Å². The third-order valence-electron chi connectivity index (χ3n) is 3.07. The lowest BCUT2D eigenvalue weighted by molar-refractivity contribution is 0.822. The number of nitrogen functional groups attached to an aromatic ring is 1. The highest BCUT2D eigenvalue weighted by Crippen LogP contribution is 2.40. The van der Waals surface area contributed by atoms with Crippen molar-refractivity contribution in [2.75, 3.05) is 10.7 Å². The molecule has 4 N–H and O–H groups in total. The Balaban J connectivity index is 2.12. The van der Waals surface area contributed by atoms with Gasteiger partial charge in [-0.3, -0.25) is 5.43 Å². The Bertz CT molecular complexity index is 572. The third kappa shape index (κ3) is 1.94. The van der Waals surface area contributed by atoms with E-state index < -0.39 is 0 Å². The molecule has 1 fully saturated rings. The number of hydrogen-bond donors (Lipinski definition) is 3. The Kier molecular flexibility index (Phi) is 2.24. The van der Waals surface area contributed by atoms with Gasteiger partial charge in [-0.1, -0.05) is 0 Å². The number of fused-ring (bicyclic) bond motifs is 1. The molecule has 90 valence electrons. The second-order valence-electron chi connectivity index (χ2n) is 4.80. The summed E-state index contributed by atoms with van der Waals surface area (Å²) in [6, 6.07) is 2.12. The van der Waals surface area contributed by atoms with Gasteiger partial charge < -0.3 is 5.32 Å². The summed E-state index contributed by atoms with van der Waals surface area (Å²) in [5.74, 6) is 6.74. The second kappa shape index (κ2) is 3.54. The van der Waals surface area contributed by atoms with Crippen LogP contribution in [0, 0.1) is 6.92 Å². The van der Waals surface area contributed by atoms with Gasteiger partial charge in [0.2, 0.25) is 5.95 Å². The fourth-order valence-electron chi connectivity index (χ4n) is 1.80. The lowest BCUT2D eigenvalue weighted by Gasteiger charge is -2.13. The summed E-state index contributed by atoms with van der Waals surface area (Å²) in [4.78, 5) is 11.0. The molecule has 0 amide bonds. The van der Waals surface area contributed by atoms with Crippen LogP contribution in [0.5, 0.6) is 0 Å². The molecule has 0 atom stereocenters. The molecule has 2 aromatic heterocycles. The van der Waals surface area contributed by atoms with Gasteiger partial charge in [0.15, 0.2) is 0 Å². The van der Waals surface area contributed by atoms with Gasteiger partial charge in [0.05, 0.1) is 5.39 Å². The molecule has 0 radical (unpaired) electrons. The van der Waals surface area contributed by atoms with Crippen molar-refractivity contribution < 1.29 is 0 Å². The van der Waals surface area contributed by atoms with Crippen molar-refractivity contribution in [3.63, 3.8) is 0 Å². The molecule has 0 spiro atoms. The number of aryl methyl sites for hydroxylation is 1. The largest absolute Gasteiger partial charge is 0.364 e. The predicted molar refractivity (Wildman–Crippen MR) is 71.2 cm³/mol. The quantitative estimate of drug-likeness (QED) is 0.574. The van der Waals surface area contributed by atoms with E-state index in [9.17, 15) is 0 Å². The molecule has 1 saturated carbocycles. The number of hydrogen-bond acceptors (Lipinski definition) is 6. The van der Waals surface area contributed by atoms with Crippen LogP contribution in [0.25, 0.3) is 10.2 Å². The number of rotatable bonds is 3. The molecule has 0 saturated heterocycles. The first-order valence-corrected chi connectivity index (χ1v) is 6.44. The van der Waals surface area contributed by atoms with E-state index in [1.165, 1.54) is 17.7 Å². The van der Waals surface area contributed by atoms with Crippen LogP contribution in [-0.2, 0) is 0 Å². The SMILES string of the molecule is Cc1cc2c(NC3(C)CC3)nc(NN)nc2s1. The van der Waals surface area contributed by atoms with E-state index in [0.717, 1.165) is 16.0 Å². The minimum atomic E-state index is 0.197. The number of hydrazine groups is 1. The molecule has 0 unspecified atom stereocenters. The van der Waals surface area contributed by atoms with Crippen molar-refractivity contribution in [1.82, 2.24) is 9.97 Å². The van der Waals surface area contributed by atoms with Gasteiger partial charge >= 0.3 is 0 Å².